The Kier molecular flexibility index (Phi) is 10.1. The standard InChI is InChI=1S/C27H34N12O4.ClH/c1-36-8-5-18(28)22(36)26(43)35-17-11-21(39(4)14-17)25(42)34-16-10-20(38(3)13-16)24(41)33-15-9-19(37(2)12-15)23(40)31-6-7-32-27(29)30;/h5,8-14H,6-7,28H2,1-4H3,(H,31,40)(H,33,41)(H,34,42)(H,35,43)(H4,29,30,32);1H. The van der Waals surface area contributed by atoms with Gasteiger partial charge in [-0.25, -0.2) is 0 Å². The molecule has 16 nitrogen and oxygen atoms in total. The maximum atomic E-state index is 13.0. The lowest BCUT2D eigenvalue weighted by atomic mass is 10.3. The molecule has 0 bridgehead atoms. The van der Waals surface area contributed by atoms with Gasteiger partial charge in [-0.1, -0.05) is 0 Å². The van der Waals surface area contributed by atoms with Crippen LogP contribution in [0, 0.1) is 0 Å². The smallest absolute Gasteiger partial charge is 0.274 e. The topological polar surface area (TPSA) is 227 Å². The Hall–Kier alpha value is -5.64. The molecule has 0 aromatic carbocycles. The number of nitrogens with one attached hydrogen (secondary N) is 4. The van der Waals surface area contributed by atoms with Gasteiger partial charge in [0.2, 0.25) is 0 Å². The molecule has 0 aliphatic heterocycles. The van der Waals surface area contributed by atoms with Crippen LogP contribution in [-0.2, 0) is 28.2 Å². The number of hydrogen-bond donors (Lipinski definition) is 7. The number of carbonyl (C=O) groups is 4. The van der Waals surface area contributed by atoms with Crippen molar-refractivity contribution in [1.82, 2.24) is 23.6 Å². The van der Waals surface area contributed by atoms with Gasteiger partial charge in [0.1, 0.15) is 22.8 Å². The summed E-state index contributed by atoms with van der Waals surface area (Å²) in [5.74, 6) is -1.72. The maximum Gasteiger partial charge on any atom is 0.274 e. The number of aryl methyl sites for hydroxylation is 4. The third-order valence-electron chi connectivity index (χ3n) is 6.50. The summed E-state index contributed by atoms with van der Waals surface area (Å²) in [5, 5.41) is 11.0. The zero-order valence-corrected chi connectivity index (χ0v) is 25.4. The summed E-state index contributed by atoms with van der Waals surface area (Å²) >= 11 is 0. The lowest BCUT2D eigenvalue weighted by molar-refractivity contribution is 0.0944. The molecule has 0 fully saturated rings. The fourth-order valence-electron chi connectivity index (χ4n) is 4.44. The molecule has 4 heterocycles. The van der Waals surface area contributed by atoms with Gasteiger partial charge in [-0.3, -0.25) is 24.2 Å². The van der Waals surface area contributed by atoms with E-state index in [4.69, 9.17) is 17.2 Å². The van der Waals surface area contributed by atoms with E-state index in [1.54, 1.807) is 77.3 Å². The van der Waals surface area contributed by atoms with Crippen molar-refractivity contribution in [1.29, 1.82) is 0 Å². The minimum absolute atomic E-state index is 0. The van der Waals surface area contributed by atoms with Crippen LogP contribution >= 0.6 is 12.4 Å². The molecule has 0 atom stereocenters. The number of nitrogen functional groups attached to an aromatic ring is 1. The highest BCUT2D eigenvalue weighted by Crippen LogP contribution is 2.21. The summed E-state index contributed by atoms with van der Waals surface area (Å²) < 4.78 is 6.32. The first-order chi connectivity index (χ1) is 20.3. The maximum absolute atomic E-state index is 13.0. The lowest BCUT2D eigenvalue weighted by Crippen LogP contribution is -2.29. The summed E-state index contributed by atoms with van der Waals surface area (Å²) in [6.07, 6.45) is 6.48. The first kappa shape index (κ1) is 32.9. The molecule has 4 aromatic heterocycles. The Morgan fingerprint density at radius 2 is 1.14 bits per heavy atom. The van der Waals surface area contributed by atoms with Gasteiger partial charge < -0.3 is 56.7 Å². The third-order valence-corrected chi connectivity index (χ3v) is 6.50. The molecule has 4 rings (SSSR count). The van der Waals surface area contributed by atoms with Gasteiger partial charge >= 0.3 is 0 Å². The van der Waals surface area contributed by atoms with E-state index < -0.39 is 17.7 Å². The van der Waals surface area contributed by atoms with Crippen molar-refractivity contribution in [3.8, 4) is 0 Å². The number of rotatable bonds is 10. The van der Waals surface area contributed by atoms with E-state index in [0.717, 1.165) is 0 Å². The second-order valence-corrected chi connectivity index (χ2v) is 9.83. The van der Waals surface area contributed by atoms with Crippen molar-refractivity contribution in [3.05, 3.63) is 71.8 Å². The molecule has 0 spiro atoms. The van der Waals surface area contributed by atoms with Crippen LogP contribution in [0.1, 0.15) is 42.0 Å². The van der Waals surface area contributed by atoms with Crippen LogP contribution in [-0.4, -0.2) is 60.9 Å². The van der Waals surface area contributed by atoms with Crippen LogP contribution in [0.3, 0.4) is 0 Å². The van der Waals surface area contributed by atoms with E-state index in [0.29, 0.717) is 34.1 Å². The summed E-state index contributed by atoms with van der Waals surface area (Å²) in [6.45, 7) is 0.475. The van der Waals surface area contributed by atoms with Crippen LogP contribution in [0.25, 0.3) is 0 Å². The molecule has 234 valence electrons. The van der Waals surface area contributed by atoms with Crippen molar-refractivity contribution in [2.75, 3.05) is 34.8 Å². The number of hydrogen-bond acceptors (Lipinski definition) is 6. The molecule has 0 saturated carbocycles. The molecule has 0 aliphatic carbocycles. The molecule has 4 aromatic rings. The Morgan fingerprint density at radius 1 is 0.705 bits per heavy atom. The minimum atomic E-state index is -0.447. The second-order valence-electron chi connectivity index (χ2n) is 9.83. The number of anilines is 4. The van der Waals surface area contributed by atoms with Gasteiger partial charge in [0, 0.05) is 59.5 Å². The van der Waals surface area contributed by atoms with E-state index in [2.05, 4.69) is 26.3 Å². The molecule has 0 saturated heterocycles. The Labute approximate surface area is 258 Å². The zero-order chi connectivity index (χ0) is 31.4. The van der Waals surface area contributed by atoms with E-state index in [-0.39, 0.29) is 48.8 Å². The summed E-state index contributed by atoms with van der Waals surface area (Å²) in [4.78, 5) is 55.0. The van der Waals surface area contributed by atoms with Gasteiger partial charge in [-0.15, -0.1) is 12.4 Å². The fourth-order valence-corrected chi connectivity index (χ4v) is 4.44. The summed E-state index contributed by atoms with van der Waals surface area (Å²) in [7, 11) is 6.72. The van der Waals surface area contributed by atoms with Crippen molar-refractivity contribution in [2.24, 2.45) is 44.7 Å². The quantitative estimate of drug-likeness (QED) is 0.0760. The lowest BCUT2D eigenvalue weighted by Gasteiger charge is -2.05. The third kappa shape index (κ3) is 7.40. The number of aromatic nitrogens is 4. The number of nitrogens with zero attached hydrogens (tertiary/aromatic N) is 5. The van der Waals surface area contributed by atoms with Crippen molar-refractivity contribution < 1.29 is 19.2 Å². The van der Waals surface area contributed by atoms with Crippen LogP contribution in [0.5, 0.6) is 0 Å². The van der Waals surface area contributed by atoms with Gasteiger partial charge in [0.05, 0.1) is 29.3 Å². The largest absolute Gasteiger partial charge is 0.397 e. The molecule has 17 heteroatoms. The molecule has 0 unspecified atom stereocenters. The molecular weight excluding hydrogens is 592 g/mol. The normalized spacial score (nSPS) is 10.5. The van der Waals surface area contributed by atoms with E-state index in [1.165, 1.54) is 18.2 Å². The number of guanidine groups is 1. The minimum Gasteiger partial charge on any atom is -0.397 e. The highest BCUT2D eigenvalue weighted by Gasteiger charge is 2.20. The average molecular weight is 627 g/mol. The molecule has 44 heavy (non-hydrogen) atoms. The summed E-state index contributed by atoms with van der Waals surface area (Å²) in [5.41, 5.74) is 19.2. The van der Waals surface area contributed by atoms with Crippen LogP contribution in [0.2, 0.25) is 0 Å². The molecule has 4 amide bonds. The zero-order valence-electron chi connectivity index (χ0n) is 24.5. The highest BCUT2D eigenvalue weighted by atomic mass is 35.5. The Bertz CT molecular complexity index is 1720. The molecule has 10 N–H and O–H groups in total. The number of halogens is 1. The Morgan fingerprint density at radius 3 is 1.55 bits per heavy atom. The number of carbonyl (C=O) groups excluding carboxylic acids is 4. The average Bonchev–Trinajstić information content (AvgIpc) is 3.67. The first-order valence-electron chi connectivity index (χ1n) is 13.0. The van der Waals surface area contributed by atoms with Crippen molar-refractivity contribution in [2.45, 2.75) is 0 Å². The monoisotopic (exact) mass is 626 g/mol. The van der Waals surface area contributed by atoms with Crippen LogP contribution in [0.4, 0.5) is 22.7 Å². The summed E-state index contributed by atoms with van der Waals surface area (Å²) in [6, 6.07) is 6.23. The Balaban J connectivity index is 0.00000529. The number of aliphatic imine (C=N–C) groups is 1. The van der Waals surface area contributed by atoms with Gasteiger partial charge in [-0.05, 0) is 24.3 Å². The number of nitrogens with two attached hydrogens (primary N) is 3. The van der Waals surface area contributed by atoms with E-state index >= 15 is 0 Å². The van der Waals surface area contributed by atoms with Crippen LogP contribution in [0.15, 0.2) is 54.0 Å². The SMILES string of the molecule is Cl.Cn1cc(NC(=O)c2cc(NC(=O)c3cc(NC(=O)c4c(N)ccn4C)cn3C)cn2C)cc1C(=O)NCCN=C(N)N. The van der Waals surface area contributed by atoms with Crippen LogP contribution < -0.4 is 38.5 Å². The van der Waals surface area contributed by atoms with Gasteiger partial charge in [0.15, 0.2) is 5.96 Å². The predicted octanol–water partition coefficient (Wildman–Crippen LogP) is 0.805. The second kappa shape index (κ2) is 13.6. The predicted molar refractivity (Wildman–Crippen MR) is 170 cm³/mol. The van der Waals surface area contributed by atoms with E-state index in [1.807, 2.05) is 0 Å². The van der Waals surface area contributed by atoms with Crippen molar-refractivity contribution in [3.63, 3.8) is 0 Å². The van der Waals surface area contributed by atoms with E-state index in [9.17, 15) is 19.2 Å². The van der Waals surface area contributed by atoms with Gasteiger partial charge in [-0.2, -0.15) is 0 Å². The fraction of sp³-hybridized carbons (Fsp3) is 0.222. The molecule has 0 radical (unpaired) electrons. The first-order valence-corrected chi connectivity index (χ1v) is 13.0. The van der Waals surface area contributed by atoms with Gasteiger partial charge in [0.25, 0.3) is 23.6 Å². The van der Waals surface area contributed by atoms with Crippen molar-refractivity contribution >= 4 is 64.7 Å². The molecular formula is C27H35ClN12O4. The highest BCUT2D eigenvalue weighted by molar-refractivity contribution is 6.09. The molecule has 0 aliphatic rings. The number of amides is 4.